The molecule has 2 aromatic rings. The molecule has 0 fully saturated rings. The third-order valence-electron chi connectivity index (χ3n) is 4.67. The van der Waals surface area contributed by atoms with Crippen molar-refractivity contribution in [2.75, 3.05) is 7.11 Å². The Bertz CT molecular complexity index is 1070. The second-order valence-electron chi connectivity index (χ2n) is 6.11. The van der Waals surface area contributed by atoms with Crippen LogP contribution in [0.4, 0.5) is 0 Å². The van der Waals surface area contributed by atoms with Crippen molar-refractivity contribution in [3.8, 4) is 11.4 Å². The van der Waals surface area contributed by atoms with Gasteiger partial charge < -0.3 is 14.4 Å². The van der Waals surface area contributed by atoms with E-state index in [0.717, 1.165) is 33.9 Å². The van der Waals surface area contributed by atoms with E-state index in [9.17, 15) is 9.90 Å². The van der Waals surface area contributed by atoms with E-state index in [1.165, 1.54) is 7.11 Å². The van der Waals surface area contributed by atoms with Gasteiger partial charge in [-0.2, -0.15) is 0 Å². The predicted octanol–water partition coefficient (Wildman–Crippen LogP) is 0.860. The van der Waals surface area contributed by atoms with Crippen LogP contribution in [-0.4, -0.2) is 21.8 Å². The number of rotatable bonds is 3. The lowest BCUT2D eigenvalue weighted by Gasteiger charge is -2.15. The van der Waals surface area contributed by atoms with Crippen LogP contribution >= 0.6 is 12.6 Å². The van der Waals surface area contributed by atoms with Crippen LogP contribution in [0.2, 0.25) is 0 Å². The average Bonchev–Trinajstić information content (AvgIpc) is 2.82. The fourth-order valence-electron chi connectivity index (χ4n) is 3.39. The summed E-state index contributed by atoms with van der Waals surface area (Å²) in [6, 6.07) is 3.95. The van der Waals surface area contributed by atoms with E-state index < -0.39 is 5.44 Å². The number of methoxy groups -OCH3 is 1. The summed E-state index contributed by atoms with van der Waals surface area (Å²) in [5.74, 6) is 0. The Kier molecular flexibility index (Phi) is 4.11. The number of thiol groups is 1. The van der Waals surface area contributed by atoms with Gasteiger partial charge in [0.25, 0.3) is 5.56 Å². The number of aromatic nitrogens is 2. The van der Waals surface area contributed by atoms with E-state index in [-0.39, 0.29) is 12.2 Å². The summed E-state index contributed by atoms with van der Waals surface area (Å²) in [6.07, 6.45) is 9.06. The number of ether oxygens (including phenoxy) is 1. The number of hydrogen-bond acceptors (Lipinski definition) is 5. The topological polar surface area (TPSA) is 64.3 Å². The highest BCUT2D eigenvalue weighted by Gasteiger charge is 2.26. The molecule has 0 radical (unpaired) electrons. The van der Waals surface area contributed by atoms with Crippen molar-refractivity contribution in [2.45, 2.75) is 25.0 Å². The first kappa shape index (κ1) is 16.3. The van der Waals surface area contributed by atoms with Crippen LogP contribution in [0.3, 0.4) is 0 Å². The standard InChI is InChI=1S/C19H18N2O3S/c1-24-19(25)13-8-16-17-12(9-21(16)18(23)14(13)10-22)7-11-5-3-2-4-6-15(11)20-17/h2-3,5-8,19,22,25H,4,9-10H2,1H3. The Labute approximate surface area is 150 Å². The molecule has 2 aromatic heterocycles. The van der Waals surface area contributed by atoms with Crippen LogP contribution in [0, 0.1) is 0 Å². The van der Waals surface area contributed by atoms with E-state index in [2.05, 4.69) is 30.8 Å². The van der Waals surface area contributed by atoms with Gasteiger partial charge in [-0.05, 0) is 18.6 Å². The predicted molar refractivity (Wildman–Crippen MR) is 99.6 cm³/mol. The van der Waals surface area contributed by atoms with Gasteiger partial charge in [0, 0.05) is 29.0 Å². The highest BCUT2D eigenvalue weighted by molar-refractivity contribution is 7.80. The zero-order valence-corrected chi connectivity index (χ0v) is 14.7. The number of hydrogen-bond donors (Lipinski definition) is 2. The molecule has 1 unspecified atom stereocenters. The van der Waals surface area contributed by atoms with Gasteiger partial charge in [0.2, 0.25) is 0 Å². The van der Waals surface area contributed by atoms with Gasteiger partial charge in [0.05, 0.1) is 29.9 Å². The smallest absolute Gasteiger partial charge is 0.257 e. The minimum Gasteiger partial charge on any atom is -0.391 e. The summed E-state index contributed by atoms with van der Waals surface area (Å²) in [7, 11) is 1.52. The molecule has 0 spiro atoms. The van der Waals surface area contributed by atoms with Crippen LogP contribution in [0.5, 0.6) is 0 Å². The molecule has 1 aliphatic carbocycles. The number of pyridine rings is 2. The SMILES string of the molecule is COC(S)c1cc2n(c(=O)c1CO)Cc1cc3c(nc1-2)=CCC=CC=3. The molecule has 2 aliphatic rings. The third-order valence-corrected chi connectivity index (χ3v) is 5.16. The summed E-state index contributed by atoms with van der Waals surface area (Å²) in [5, 5.41) is 11.6. The van der Waals surface area contributed by atoms with Gasteiger partial charge in [-0.3, -0.25) is 4.79 Å². The molecule has 0 bridgehead atoms. The molecule has 0 amide bonds. The highest BCUT2D eigenvalue weighted by Crippen LogP contribution is 2.32. The second kappa shape index (κ2) is 6.29. The van der Waals surface area contributed by atoms with Gasteiger partial charge in [0.1, 0.15) is 5.44 Å². The Morgan fingerprint density at radius 3 is 3.04 bits per heavy atom. The third kappa shape index (κ3) is 2.57. The first-order chi connectivity index (χ1) is 12.1. The summed E-state index contributed by atoms with van der Waals surface area (Å²) in [6.45, 7) is 0.111. The second-order valence-corrected chi connectivity index (χ2v) is 6.58. The summed E-state index contributed by atoms with van der Waals surface area (Å²) >= 11 is 4.37. The fourth-order valence-corrected chi connectivity index (χ4v) is 3.62. The summed E-state index contributed by atoms with van der Waals surface area (Å²) in [4.78, 5) is 17.6. The van der Waals surface area contributed by atoms with Crippen LogP contribution < -0.4 is 16.1 Å². The van der Waals surface area contributed by atoms with Crippen molar-refractivity contribution in [3.63, 3.8) is 0 Å². The normalized spacial score (nSPS) is 15.5. The first-order valence-electron chi connectivity index (χ1n) is 8.09. The van der Waals surface area contributed by atoms with E-state index >= 15 is 0 Å². The average molecular weight is 354 g/mol. The van der Waals surface area contributed by atoms with Gasteiger partial charge in [0.15, 0.2) is 0 Å². The van der Waals surface area contributed by atoms with Crippen molar-refractivity contribution < 1.29 is 9.84 Å². The summed E-state index contributed by atoms with van der Waals surface area (Å²) < 4.78 is 6.92. The van der Waals surface area contributed by atoms with Crippen molar-refractivity contribution in [1.82, 2.24) is 9.55 Å². The molecule has 25 heavy (non-hydrogen) atoms. The number of fused-ring (bicyclic) bond motifs is 4. The zero-order valence-electron chi connectivity index (χ0n) is 13.8. The number of aliphatic hydroxyl groups excluding tert-OH is 1. The largest absolute Gasteiger partial charge is 0.391 e. The van der Waals surface area contributed by atoms with Gasteiger partial charge in [-0.25, -0.2) is 4.98 Å². The van der Waals surface area contributed by atoms with E-state index in [0.29, 0.717) is 17.7 Å². The zero-order chi connectivity index (χ0) is 17.6. The van der Waals surface area contributed by atoms with Gasteiger partial charge in [-0.1, -0.05) is 24.3 Å². The van der Waals surface area contributed by atoms with E-state index in [1.54, 1.807) is 4.57 Å². The van der Waals surface area contributed by atoms with Crippen molar-refractivity contribution in [3.05, 3.63) is 61.9 Å². The van der Waals surface area contributed by atoms with Crippen LogP contribution in [0.1, 0.15) is 28.5 Å². The van der Waals surface area contributed by atoms with Crippen molar-refractivity contribution >= 4 is 24.8 Å². The molecule has 0 aromatic carbocycles. The molecule has 4 rings (SSSR count). The van der Waals surface area contributed by atoms with Crippen molar-refractivity contribution in [2.24, 2.45) is 0 Å². The molecule has 1 N–H and O–H groups in total. The lowest BCUT2D eigenvalue weighted by atomic mass is 10.1. The Hall–Kier alpha value is -2.15. The first-order valence-corrected chi connectivity index (χ1v) is 8.61. The quantitative estimate of drug-likeness (QED) is 0.541. The lowest BCUT2D eigenvalue weighted by Crippen LogP contribution is -2.28. The number of nitrogens with zero attached hydrogens (tertiary/aromatic N) is 2. The van der Waals surface area contributed by atoms with Crippen LogP contribution in [0.15, 0.2) is 29.1 Å². The summed E-state index contributed by atoms with van der Waals surface area (Å²) in [5.41, 5.74) is 2.68. The molecule has 0 saturated carbocycles. The molecular weight excluding hydrogens is 336 g/mol. The monoisotopic (exact) mass is 354 g/mol. The molecular formula is C19H18N2O3S. The Morgan fingerprint density at radius 2 is 2.28 bits per heavy atom. The molecule has 6 heteroatoms. The van der Waals surface area contributed by atoms with Crippen LogP contribution in [0.25, 0.3) is 23.5 Å². The maximum absolute atomic E-state index is 12.8. The van der Waals surface area contributed by atoms with E-state index in [4.69, 9.17) is 9.72 Å². The van der Waals surface area contributed by atoms with Gasteiger partial charge in [-0.15, -0.1) is 12.6 Å². The minimum absolute atomic E-state index is 0.216. The minimum atomic E-state index is -0.574. The highest BCUT2D eigenvalue weighted by atomic mass is 32.1. The van der Waals surface area contributed by atoms with Crippen molar-refractivity contribution in [1.29, 1.82) is 0 Å². The molecule has 5 nitrogen and oxygen atoms in total. The fraction of sp³-hybridized carbons (Fsp3) is 0.263. The number of aliphatic hydroxyl groups is 1. The van der Waals surface area contributed by atoms with E-state index in [1.807, 2.05) is 18.2 Å². The molecule has 1 atom stereocenters. The Morgan fingerprint density at radius 1 is 1.44 bits per heavy atom. The molecule has 128 valence electrons. The van der Waals surface area contributed by atoms with Crippen LogP contribution in [-0.2, 0) is 17.9 Å². The molecule has 0 saturated heterocycles. The maximum atomic E-state index is 12.8. The number of allylic oxidation sites excluding steroid dienone is 2. The molecule has 3 heterocycles. The Balaban J connectivity index is 1.99. The lowest BCUT2D eigenvalue weighted by molar-refractivity contribution is 0.173. The molecule has 1 aliphatic heterocycles. The maximum Gasteiger partial charge on any atom is 0.257 e. The van der Waals surface area contributed by atoms with Gasteiger partial charge >= 0.3 is 0 Å².